The van der Waals surface area contributed by atoms with Crippen LogP contribution in [0, 0.1) is 29.6 Å². The van der Waals surface area contributed by atoms with Crippen LogP contribution in [-0.2, 0) is 27.2 Å². The van der Waals surface area contributed by atoms with Crippen LogP contribution in [0.1, 0.15) is 88.8 Å². The highest BCUT2D eigenvalue weighted by molar-refractivity contribution is 5.89. The number of carbonyl (C=O) groups is 2. The molecular formula is C28H40O4. The van der Waals surface area contributed by atoms with Gasteiger partial charge in [0.1, 0.15) is 11.5 Å². The number of unbranched alkanes of at least 4 members (excludes halogenated alkanes) is 1. The molecular weight excluding hydrogens is 400 g/mol. The van der Waals surface area contributed by atoms with Crippen molar-refractivity contribution < 1.29 is 19.1 Å². The van der Waals surface area contributed by atoms with Gasteiger partial charge in [0, 0.05) is 11.8 Å². The first-order chi connectivity index (χ1) is 15.5. The van der Waals surface area contributed by atoms with Gasteiger partial charge in [0.25, 0.3) is 0 Å². The lowest BCUT2D eigenvalue weighted by Crippen LogP contribution is -2.40. The highest BCUT2D eigenvalue weighted by Gasteiger charge is 2.54. The normalized spacial score (nSPS) is 30.9. The molecule has 176 valence electrons. The Hall–Kier alpha value is -1.84. The molecule has 2 saturated carbocycles. The maximum atomic E-state index is 13.3. The van der Waals surface area contributed by atoms with Crippen LogP contribution >= 0.6 is 0 Å². The summed E-state index contributed by atoms with van der Waals surface area (Å²) >= 11 is 0. The van der Waals surface area contributed by atoms with Crippen LogP contribution in [0.15, 0.2) is 12.1 Å². The quantitative estimate of drug-likeness (QED) is 0.374. The monoisotopic (exact) mass is 440 g/mol. The van der Waals surface area contributed by atoms with Gasteiger partial charge in [-0.15, -0.1) is 0 Å². The van der Waals surface area contributed by atoms with Crippen LogP contribution in [-0.4, -0.2) is 25.0 Å². The van der Waals surface area contributed by atoms with E-state index in [1.165, 1.54) is 16.7 Å². The van der Waals surface area contributed by atoms with Crippen LogP contribution in [0.3, 0.4) is 0 Å². The molecule has 0 spiro atoms. The lowest BCUT2D eigenvalue weighted by molar-refractivity contribution is -0.146. The Balaban J connectivity index is 1.57. The van der Waals surface area contributed by atoms with E-state index in [1.807, 2.05) is 6.92 Å². The SMILES string of the molecule is CCCCOc1cc2c(cc1CC)C1C[C@@H](C)C3C(=O)C(CC(=O)OCC)CC3C1CC2. The predicted molar refractivity (Wildman–Crippen MR) is 126 cm³/mol. The lowest BCUT2D eigenvalue weighted by atomic mass is 9.57. The second-order valence-corrected chi connectivity index (χ2v) is 10.3. The second-order valence-electron chi connectivity index (χ2n) is 10.3. The molecule has 0 aromatic heterocycles. The molecule has 0 aliphatic heterocycles. The van der Waals surface area contributed by atoms with Crippen molar-refractivity contribution in [3.63, 3.8) is 0 Å². The van der Waals surface area contributed by atoms with Crippen molar-refractivity contribution in [1.29, 1.82) is 0 Å². The molecule has 0 saturated heterocycles. The van der Waals surface area contributed by atoms with E-state index in [9.17, 15) is 9.59 Å². The van der Waals surface area contributed by atoms with Crippen molar-refractivity contribution in [1.82, 2.24) is 0 Å². The maximum Gasteiger partial charge on any atom is 0.306 e. The number of Topliss-reactive ketones (excluding diaryl/α,β-unsaturated/α-hetero) is 1. The lowest BCUT2D eigenvalue weighted by Gasteiger charge is -2.46. The average molecular weight is 441 g/mol. The molecule has 0 radical (unpaired) electrons. The molecule has 2 fully saturated rings. The van der Waals surface area contributed by atoms with E-state index in [2.05, 4.69) is 32.9 Å². The molecule has 6 atom stereocenters. The van der Waals surface area contributed by atoms with Crippen molar-refractivity contribution in [3.05, 3.63) is 28.8 Å². The fourth-order valence-corrected chi connectivity index (χ4v) is 6.92. The summed E-state index contributed by atoms with van der Waals surface area (Å²) in [6.45, 7) is 9.66. The molecule has 4 rings (SSSR count). The molecule has 1 aromatic rings. The van der Waals surface area contributed by atoms with Crippen molar-refractivity contribution in [3.8, 4) is 5.75 Å². The van der Waals surface area contributed by atoms with Crippen LogP contribution < -0.4 is 4.74 Å². The third-order valence-corrected chi connectivity index (χ3v) is 8.38. The molecule has 0 bridgehead atoms. The number of aryl methyl sites for hydroxylation is 2. The Morgan fingerprint density at radius 1 is 1.12 bits per heavy atom. The first-order valence-corrected chi connectivity index (χ1v) is 13.0. The van der Waals surface area contributed by atoms with E-state index >= 15 is 0 Å². The van der Waals surface area contributed by atoms with Crippen molar-refractivity contribution >= 4 is 11.8 Å². The highest BCUT2D eigenvalue weighted by atomic mass is 16.5. The van der Waals surface area contributed by atoms with Gasteiger partial charge in [0.15, 0.2) is 0 Å². The summed E-state index contributed by atoms with van der Waals surface area (Å²) in [5, 5.41) is 0. The zero-order valence-electron chi connectivity index (χ0n) is 20.3. The number of hydrogen-bond acceptors (Lipinski definition) is 4. The van der Waals surface area contributed by atoms with E-state index in [1.54, 1.807) is 0 Å². The number of rotatable bonds is 8. The largest absolute Gasteiger partial charge is 0.493 e. The highest BCUT2D eigenvalue weighted by Crippen LogP contribution is 2.58. The number of ether oxygens (including phenoxy) is 2. The summed E-state index contributed by atoms with van der Waals surface area (Å²) in [4.78, 5) is 25.3. The van der Waals surface area contributed by atoms with Gasteiger partial charge in [-0.25, -0.2) is 0 Å². The number of carbonyl (C=O) groups excluding carboxylic acids is 2. The molecule has 4 nitrogen and oxygen atoms in total. The van der Waals surface area contributed by atoms with Gasteiger partial charge in [-0.3, -0.25) is 9.59 Å². The van der Waals surface area contributed by atoms with Crippen LogP contribution in [0.5, 0.6) is 5.75 Å². The fraction of sp³-hybridized carbons (Fsp3) is 0.714. The van der Waals surface area contributed by atoms with Gasteiger partial charge in [-0.1, -0.05) is 33.3 Å². The Kier molecular flexibility index (Phi) is 7.27. The Morgan fingerprint density at radius 3 is 2.66 bits per heavy atom. The maximum absolute atomic E-state index is 13.3. The summed E-state index contributed by atoms with van der Waals surface area (Å²) in [6.07, 6.45) is 7.63. The van der Waals surface area contributed by atoms with Crippen molar-refractivity contribution in [2.45, 2.75) is 85.0 Å². The first kappa shape index (κ1) is 23.3. The van der Waals surface area contributed by atoms with Crippen molar-refractivity contribution in [2.75, 3.05) is 13.2 Å². The second kappa shape index (κ2) is 9.97. The fourth-order valence-electron chi connectivity index (χ4n) is 6.92. The average Bonchev–Trinajstić information content (AvgIpc) is 3.10. The minimum Gasteiger partial charge on any atom is -0.493 e. The number of ketones is 1. The van der Waals surface area contributed by atoms with Gasteiger partial charge >= 0.3 is 5.97 Å². The minimum atomic E-state index is -0.217. The number of fused-ring (bicyclic) bond motifs is 5. The molecule has 0 heterocycles. The number of esters is 1. The molecule has 4 heteroatoms. The van der Waals surface area contributed by atoms with Crippen molar-refractivity contribution in [2.24, 2.45) is 29.6 Å². The molecule has 3 aliphatic carbocycles. The van der Waals surface area contributed by atoms with Gasteiger partial charge in [0.2, 0.25) is 0 Å². The van der Waals surface area contributed by atoms with E-state index in [0.717, 1.165) is 57.3 Å². The smallest absolute Gasteiger partial charge is 0.306 e. The van der Waals surface area contributed by atoms with E-state index < -0.39 is 0 Å². The van der Waals surface area contributed by atoms with Crippen LogP contribution in [0.25, 0.3) is 0 Å². The minimum absolute atomic E-state index is 0.125. The Bertz CT molecular complexity index is 844. The molecule has 3 aliphatic rings. The molecule has 5 unspecified atom stereocenters. The Morgan fingerprint density at radius 2 is 1.94 bits per heavy atom. The standard InChI is InChI=1S/C28H40O4/c1-5-8-11-32-25-15-19-9-10-21-23(22(19)13-18(25)6-2)12-17(4)27-24(21)14-20(28(27)30)16-26(29)31-7-3/h13,15,17,20-21,23-24,27H,5-12,14,16H2,1-4H3/t17-,20?,21?,23?,24?,27?/m1/s1. The molecule has 32 heavy (non-hydrogen) atoms. The van der Waals surface area contributed by atoms with Gasteiger partial charge in [-0.05, 0) is 91.9 Å². The van der Waals surface area contributed by atoms with Crippen LogP contribution in [0.4, 0.5) is 0 Å². The zero-order chi connectivity index (χ0) is 22.8. The first-order valence-electron chi connectivity index (χ1n) is 13.0. The summed E-state index contributed by atoms with van der Waals surface area (Å²) in [5.74, 6) is 3.03. The third-order valence-electron chi connectivity index (χ3n) is 8.38. The molecule has 0 N–H and O–H groups in total. The molecule has 1 aromatic carbocycles. The Labute approximate surface area is 193 Å². The van der Waals surface area contributed by atoms with Crippen LogP contribution in [0.2, 0.25) is 0 Å². The molecule has 0 amide bonds. The van der Waals surface area contributed by atoms with Gasteiger partial charge in [-0.2, -0.15) is 0 Å². The summed E-state index contributed by atoms with van der Waals surface area (Å²) in [6, 6.07) is 4.74. The van der Waals surface area contributed by atoms with E-state index in [0.29, 0.717) is 36.1 Å². The summed E-state index contributed by atoms with van der Waals surface area (Å²) in [7, 11) is 0. The third kappa shape index (κ3) is 4.34. The summed E-state index contributed by atoms with van der Waals surface area (Å²) in [5.41, 5.74) is 4.28. The zero-order valence-corrected chi connectivity index (χ0v) is 20.3. The number of hydrogen-bond donors (Lipinski definition) is 0. The van der Waals surface area contributed by atoms with Gasteiger partial charge in [0.05, 0.1) is 19.6 Å². The predicted octanol–water partition coefficient (Wildman–Crippen LogP) is 5.89. The van der Waals surface area contributed by atoms with E-state index in [-0.39, 0.29) is 24.2 Å². The van der Waals surface area contributed by atoms with Gasteiger partial charge < -0.3 is 9.47 Å². The van der Waals surface area contributed by atoms with E-state index in [4.69, 9.17) is 9.47 Å². The summed E-state index contributed by atoms with van der Waals surface area (Å²) < 4.78 is 11.3. The topological polar surface area (TPSA) is 52.6 Å². The number of benzene rings is 1.